The van der Waals surface area contributed by atoms with Gasteiger partial charge in [0.1, 0.15) is 6.10 Å². The third kappa shape index (κ3) is 15.7. The predicted molar refractivity (Wildman–Crippen MR) is 104 cm³/mol. The topological polar surface area (TPSA) is 46.2 Å². The van der Waals surface area contributed by atoms with E-state index in [9.17, 15) is 0 Å². The lowest BCUT2D eigenvalue weighted by Gasteiger charge is -2.26. The van der Waals surface area contributed by atoms with E-state index in [0.29, 0.717) is 19.8 Å². The molecule has 0 aliphatic rings. The Labute approximate surface area is 151 Å². The molecule has 0 aliphatic heterocycles. The zero-order valence-electron chi connectivity index (χ0n) is 17.0. The summed E-state index contributed by atoms with van der Waals surface area (Å²) in [5, 5.41) is 0. The van der Waals surface area contributed by atoms with Crippen molar-refractivity contribution in [2.45, 2.75) is 78.0 Å². The van der Waals surface area contributed by atoms with Crippen LogP contribution in [-0.4, -0.2) is 55.8 Å². The van der Waals surface area contributed by atoms with Crippen molar-refractivity contribution in [3.05, 3.63) is 0 Å². The molecule has 0 aromatic rings. The van der Waals surface area contributed by atoms with Gasteiger partial charge in [0.15, 0.2) is 0 Å². The Balaban J connectivity index is 4.01. The van der Waals surface area contributed by atoms with E-state index < -0.39 is 16.6 Å². The molecule has 0 N–H and O–H groups in total. The predicted octanol–water partition coefficient (Wildman–Crippen LogP) is 4.60. The second kappa shape index (κ2) is 13.4. The Morgan fingerprint density at radius 3 is 1.75 bits per heavy atom. The van der Waals surface area contributed by atoms with E-state index in [0.717, 1.165) is 38.5 Å². The van der Waals surface area contributed by atoms with Gasteiger partial charge in [-0.25, -0.2) is 0 Å². The number of hydrogen-bond donors (Lipinski definition) is 0. The zero-order chi connectivity index (χ0) is 18.5. The Morgan fingerprint density at radius 2 is 1.29 bits per heavy atom. The van der Waals surface area contributed by atoms with E-state index in [1.165, 1.54) is 0 Å². The number of ether oxygens (including phenoxy) is 3. The van der Waals surface area contributed by atoms with Crippen LogP contribution in [0.2, 0.25) is 38.8 Å². The lowest BCUT2D eigenvalue weighted by molar-refractivity contribution is -0.124. The summed E-state index contributed by atoms with van der Waals surface area (Å²) in [4.78, 5) is 0. The zero-order valence-corrected chi connectivity index (χ0v) is 19.0. The largest absolute Gasteiger partial charge is 0.379 e. The van der Waals surface area contributed by atoms with Crippen molar-refractivity contribution in [3.63, 3.8) is 0 Å². The molecule has 146 valence electrons. The first kappa shape index (κ1) is 24.2. The van der Waals surface area contributed by atoms with Crippen LogP contribution in [0.4, 0.5) is 0 Å². The van der Waals surface area contributed by atoms with Crippen LogP contribution < -0.4 is 0 Å². The fourth-order valence-corrected chi connectivity index (χ4v) is 4.87. The second-order valence-electron chi connectivity index (χ2n) is 7.78. The third-order valence-electron chi connectivity index (χ3n) is 3.10. The first-order valence-electron chi connectivity index (χ1n) is 9.34. The molecular formula is C17H40O5Si2. The van der Waals surface area contributed by atoms with Crippen LogP contribution in [0.15, 0.2) is 0 Å². The highest BCUT2D eigenvalue weighted by molar-refractivity contribution is 6.73. The molecule has 0 amide bonds. The monoisotopic (exact) mass is 380 g/mol. The van der Waals surface area contributed by atoms with Gasteiger partial charge in [0.25, 0.3) is 0 Å². The normalized spacial score (nSPS) is 13.0. The SMILES string of the molecule is CCCOCC(COCCC)OCCC[Si](C)(C)OO[Si](C)(C)C. The molecule has 0 spiro atoms. The van der Waals surface area contributed by atoms with Crippen LogP contribution >= 0.6 is 0 Å². The van der Waals surface area contributed by atoms with Gasteiger partial charge in [-0.05, 0) is 58.0 Å². The molecule has 0 aromatic carbocycles. The van der Waals surface area contributed by atoms with Crippen molar-refractivity contribution in [3.8, 4) is 0 Å². The fourth-order valence-electron chi connectivity index (χ4n) is 1.89. The van der Waals surface area contributed by atoms with E-state index in [4.69, 9.17) is 23.4 Å². The first-order valence-corrected chi connectivity index (χ1v) is 15.9. The standard InChI is InChI=1S/C17H40O5Si2/c1-8-11-18-15-17(16-19-12-9-2)20-13-10-14-24(6,7)22-21-23(3,4)5/h17H,8-16H2,1-7H3. The maximum atomic E-state index is 5.96. The van der Waals surface area contributed by atoms with E-state index in [-0.39, 0.29) is 6.10 Å². The molecule has 0 heterocycles. The minimum Gasteiger partial charge on any atom is -0.379 e. The van der Waals surface area contributed by atoms with Crippen LogP contribution in [0, 0.1) is 0 Å². The highest BCUT2D eigenvalue weighted by Crippen LogP contribution is 2.17. The van der Waals surface area contributed by atoms with Crippen LogP contribution in [-0.2, 0) is 23.4 Å². The molecule has 7 heteroatoms. The minimum atomic E-state index is -1.78. The molecule has 0 aliphatic carbocycles. The van der Waals surface area contributed by atoms with E-state index in [2.05, 4.69) is 46.6 Å². The van der Waals surface area contributed by atoms with Crippen molar-refractivity contribution in [2.24, 2.45) is 0 Å². The van der Waals surface area contributed by atoms with Gasteiger partial charge in [0, 0.05) is 19.8 Å². The molecule has 5 nitrogen and oxygen atoms in total. The van der Waals surface area contributed by atoms with E-state index >= 15 is 0 Å². The maximum absolute atomic E-state index is 5.96. The molecule has 0 atom stereocenters. The summed E-state index contributed by atoms with van der Waals surface area (Å²) in [5.74, 6) is 0. The smallest absolute Gasteiger partial charge is 0.231 e. The number of hydrogen-bond acceptors (Lipinski definition) is 5. The highest BCUT2D eigenvalue weighted by Gasteiger charge is 2.27. The highest BCUT2D eigenvalue weighted by atomic mass is 28.4. The van der Waals surface area contributed by atoms with Gasteiger partial charge in [-0.1, -0.05) is 13.8 Å². The van der Waals surface area contributed by atoms with Crippen molar-refractivity contribution in [2.75, 3.05) is 33.0 Å². The molecule has 0 unspecified atom stereocenters. The molecule has 0 bridgehead atoms. The molecule has 0 radical (unpaired) electrons. The molecule has 0 fully saturated rings. The average molecular weight is 381 g/mol. The lowest BCUT2D eigenvalue weighted by atomic mass is 10.4. The van der Waals surface area contributed by atoms with Crippen LogP contribution in [0.25, 0.3) is 0 Å². The Hall–Kier alpha value is 0.234. The first-order chi connectivity index (χ1) is 11.2. The second-order valence-corrected chi connectivity index (χ2v) is 16.4. The summed E-state index contributed by atoms with van der Waals surface area (Å²) in [6.07, 6.45) is 3.05. The van der Waals surface area contributed by atoms with Crippen molar-refractivity contribution in [1.82, 2.24) is 0 Å². The van der Waals surface area contributed by atoms with Crippen LogP contribution in [0.3, 0.4) is 0 Å². The molecule has 0 saturated carbocycles. The summed E-state index contributed by atoms with van der Waals surface area (Å²) < 4.78 is 28.6. The fraction of sp³-hybridized carbons (Fsp3) is 1.00. The van der Waals surface area contributed by atoms with Crippen LogP contribution in [0.5, 0.6) is 0 Å². The molecule has 0 saturated heterocycles. The Morgan fingerprint density at radius 1 is 0.750 bits per heavy atom. The van der Waals surface area contributed by atoms with Gasteiger partial charge >= 0.3 is 0 Å². The lowest BCUT2D eigenvalue weighted by Crippen LogP contribution is -2.37. The Kier molecular flexibility index (Phi) is 13.6. The molecule has 24 heavy (non-hydrogen) atoms. The van der Waals surface area contributed by atoms with Gasteiger partial charge < -0.3 is 14.2 Å². The van der Waals surface area contributed by atoms with Gasteiger partial charge in [0.2, 0.25) is 16.6 Å². The summed E-state index contributed by atoms with van der Waals surface area (Å²) in [7, 11) is -3.40. The number of rotatable bonds is 16. The minimum absolute atomic E-state index is 0.0204. The van der Waals surface area contributed by atoms with Crippen molar-refractivity contribution in [1.29, 1.82) is 0 Å². The summed E-state index contributed by atoms with van der Waals surface area (Å²) in [5.41, 5.74) is 0. The van der Waals surface area contributed by atoms with Crippen molar-refractivity contribution >= 4 is 16.6 Å². The summed E-state index contributed by atoms with van der Waals surface area (Å²) in [6, 6.07) is 1.02. The summed E-state index contributed by atoms with van der Waals surface area (Å²) in [6.45, 7) is 18.5. The molecule has 0 aromatic heterocycles. The quantitative estimate of drug-likeness (QED) is 0.169. The Bertz CT molecular complexity index is 285. The average Bonchev–Trinajstić information content (AvgIpc) is 2.49. The van der Waals surface area contributed by atoms with E-state index in [1.54, 1.807) is 0 Å². The van der Waals surface area contributed by atoms with E-state index in [1.807, 2.05) is 0 Å². The van der Waals surface area contributed by atoms with Gasteiger partial charge in [-0.15, -0.1) is 0 Å². The third-order valence-corrected chi connectivity index (χ3v) is 5.94. The van der Waals surface area contributed by atoms with Gasteiger partial charge in [-0.2, -0.15) is 0 Å². The van der Waals surface area contributed by atoms with Gasteiger partial charge in [-0.3, -0.25) is 9.15 Å². The van der Waals surface area contributed by atoms with Crippen molar-refractivity contribution < 1.29 is 23.4 Å². The van der Waals surface area contributed by atoms with Gasteiger partial charge in [0.05, 0.1) is 13.2 Å². The molecular weight excluding hydrogens is 340 g/mol. The molecule has 0 rings (SSSR count). The van der Waals surface area contributed by atoms with Crippen LogP contribution in [0.1, 0.15) is 33.1 Å². The maximum Gasteiger partial charge on any atom is 0.231 e. The summed E-state index contributed by atoms with van der Waals surface area (Å²) >= 11 is 0.